The smallest absolute Gasteiger partial charge is 0.335 e. The fraction of sp³-hybridized carbons (Fsp3) is 0.111. The van der Waals surface area contributed by atoms with E-state index in [9.17, 15) is 4.79 Å². The molecule has 2 heterocycles. The van der Waals surface area contributed by atoms with E-state index in [0.29, 0.717) is 16.1 Å². The van der Waals surface area contributed by atoms with Crippen LogP contribution in [0.4, 0.5) is 0 Å². The van der Waals surface area contributed by atoms with Crippen molar-refractivity contribution in [3.05, 3.63) is 29.8 Å². The molecule has 6 nitrogen and oxygen atoms in total. The molecular weight excluding hydrogens is 230 g/mol. The second-order valence-corrected chi connectivity index (χ2v) is 3.85. The van der Waals surface area contributed by atoms with Gasteiger partial charge in [0.15, 0.2) is 0 Å². The molecule has 2 aromatic rings. The van der Waals surface area contributed by atoms with Gasteiger partial charge in [0.25, 0.3) is 5.22 Å². The van der Waals surface area contributed by atoms with Gasteiger partial charge in [-0.3, -0.25) is 0 Å². The van der Waals surface area contributed by atoms with E-state index in [1.165, 1.54) is 18.3 Å². The van der Waals surface area contributed by atoms with E-state index < -0.39 is 5.97 Å². The first-order chi connectivity index (χ1) is 7.65. The van der Waals surface area contributed by atoms with Gasteiger partial charge in [0, 0.05) is 13.1 Å². The van der Waals surface area contributed by atoms with E-state index >= 15 is 0 Å². The van der Waals surface area contributed by atoms with Gasteiger partial charge in [-0.25, -0.2) is 9.78 Å². The zero-order valence-corrected chi connectivity index (χ0v) is 9.06. The second kappa shape index (κ2) is 4.31. The molecule has 2 aromatic heterocycles. The standard InChI is InChI=1S/C9H7N3O3S/c1-5-11-12-9(15-5)16-7-4-6(8(13)14)2-3-10-7/h2-4H,1H3,(H,13,14). The Morgan fingerprint density at radius 2 is 2.31 bits per heavy atom. The predicted molar refractivity (Wildman–Crippen MR) is 54.4 cm³/mol. The third-order valence-corrected chi connectivity index (χ3v) is 2.45. The maximum atomic E-state index is 10.7. The summed E-state index contributed by atoms with van der Waals surface area (Å²) in [4.78, 5) is 14.7. The van der Waals surface area contributed by atoms with Crippen LogP contribution in [0, 0.1) is 6.92 Å². The average Bonchev–Trinajstić information content (AvgIpc) is 2.64. The Kier molecular flexibility index (Phi) is 2.86. The van der Waals surface area contributed by atoms with Crippen LogP contribution in [0.3, 0.4) is 0 Å². The highest BCUT2D eigenvalue weighted by Gasteiger charge is 2.09. The molecule has 0 saturated carbocycles. The van der Waals surface area contributed by atoms with Crippen LogP contribution in [-0.4, -0.2) is 26.3 Å². The minimum atomic E-state index is -0.994. The van der Waals surface area contributed by atoms with Gasteiger partial charge < -0.3 is 9.52 Å². The molecule has 0 aliphatic carbocycles. The van der Waals surface area contributed by atoms with Crippen LogP contribution in [0.2, 0.25) is 0 Å². The molecule has 0 saturated heterocycles. The van der Waals surface area contributed by atoms with Gasteiger partial charge in [-0.2, -0.15) is 0 Å². The van der Waals surface area contributed by atoms with Crippen LogP contribution in [0.25, 0.3) is 0 Å². The van der Waals surface area contributed by atoms with E-state index in [1.54, 1.807) is 6.92 Å². The molecule has 0 aromatic carbocycles. The van der Waals surface area contributed by atoms with E-state index in [4.69, 9.17) is 9.52 Å². The Morgan fingerprint density at radius 3 is 2.94 bits per heavy atom. The van der Waals surface area contributed by atoms with Crippen molar-refractivity contribution in [2.75, 3.05) is 0 Å². The molecule has 0 aliphatic rings. The van der Waals surface area contributed by atoms with Gasteiger partial charge in [0.1, 0.15) is 5.03 Å². The van der Waals surface area contributed by atoms with Gasteiger partial charge in [-0.15, -0.1) is 10.2 Å². The van der Waals surface area contributed by atoms with Crippen molar-refractivity contribution in [1.29, 1.82) is 0 Å². The van der Waals surface area contributed by atoms with Gasteiger partial charge >= 0.3 is 5.97 Å². The van der Waals surface area contributed by atoms with Crippen LogP contribution in [0.15, 0.2) is 33.0 Å². The highest BCUT2D eigenvalue weighted by Crippen LogP contribution is 2.24. The van der Waals surface area contributed by atoms with Crippen LogP contribution >= 0.6 is 11.8 Å². The topological polar surface area (TPSA) is 89.1 Å². The molecule has 2 rings (SSSR count). The number of aryl methyl sites for hydroxylation is 1. The number of nitrogens with zero attached hydrogens (tertiary/aromatic N) is 3. The summed E-state index contributed by atoms with van der Waals surface area (Å²) in [7, 11) is 0. The number of rotatable bonds is 3. The monoisotopic (exact) mass is 237 g/mol. The number of aromatic nitrogens is 3. The summed E-state index contributed by atoms with van der Waals surface area (Å²) in [5.74, 6) is -0.539. The number of hydrogen-bond acceptors (Lipinski definition) is 6. The minimum Gasteiger partial charge on any atom is -0.478 e. The number of hydrogen-bond donors (Lipinski definition) is 1. The van der Waals surface area contributed by atoms with Gasteiger partial charge in [0.2, 0.25) is 5.89 Å². The number of carboxylic acid groups (broad SMARTS) is 1. The highest BCUT2D eigenvalue weighted by atomic mass is 32.2. The van der Waals surface area contributed by atoms with Crippen molar-refractivity contribution in [2.24, 2.45) is 0 Å². The molecule has 0 amide bonds. The SMILES string of the molecule is Cc1nnc(Sc2cc(C(=O)O)ccn2)o1. The van der Waals surface area contributed by atoms with Crippen molar-refractivity contribution in [3.8, 4) is 0 Å². The van der Waals surface area contributed by atoms with Crippen LogP contribution < -0.4 is 0 Å². The molecule has 0 unspecified atom stereocenters. The number of carbonyl (C=O) groups is 1. The lowest BCUT2D eigenvalue weighted by molar-refractivity contribution is 0.0696. The number of carboxylic acids is 1. The molecule has 7 heteroatoms. The maximum absolute atomic E-state index is 10.7. The molecule has 0 atom stereocenters. The van der Waals surface area contributed by atoms with Crippen molar-refractivity contribution in [2.45, 2.75) is 17.2 Å². The largest absolute Gasteiger partial charge is 0.478 e. The molecule has 0 spiro atoms. The van der Waals surface area contributed by atoms with Crippen molar-refractivity contribution in [1.82, 2.24) is 15.2 Å². The molecule has 1 N–H and O–H groups in total. The summed E-state index contributed by atoms with van der Waals surface area (Å²) in [6, 6.07) is 2.87. The summed E-state index contributed by atoms with van der Waals surface area (Å²) in [6.07, 6.45) is 1.43. The van der Waals surface area contributed by atoms with E-state index in [1.807, 2.05) is 0 Å². The third kappa shape index (κ3) is 2.37. The second-order valence-electron chi connectivity index (χ2n) is 2.88. The average molecular weight is 237 g/mol. The van der Waals surface area contributed by atoms with Crippen LogP contribution in [0.5, 0.6) is 0 Å². The molecule has 82 valence electrons. The highest BCUT2D eigenvalue weighted by molar-refractivity contribution is 7.99. The normalized spacial score (nSPS) is 10.3. The first kappa shape index (κ1) is 10.6. The number of pyridine rings is 1. The first-order valence-corrected chi connectivity index (χ1v) is 5.14. The summed E-state index contributed by atoms with van der Waals surface area (Å²) < 4.78 is 5.14. The van der Waals surface area contributed by atoms with Gasteiger partial charge in [-0.1, -0.05) is 0 Å². The summed E-state index contributed by atoms with van der Waals surface area (Å²) in [5, 5.41) is 17.1. The Labute approximate surface area is 94.7 Å². The number of aromatic carboxylic acids is 1. The quantitative estimate of drug-likeness (QED) is 0.867. The van der Waals surface area contributed by atoms with Crippen molar-refractivity contribution < 1.29 is 14.3 Å². The fourth-order valence-electron chi connectivity index (χ4n) is 1.01. The molecule has 0 radical (unpaired) electrons. The van der Waals surface area contributed by atoms with E-state index in [0.717, 1.165) is 11.8 Å². The third-order valence-electron chi connectivity index (χ3n) is 1.68. The molecule has 16 heavy (non-hydrogen) atoms. The minimum absolute atomic E-state index is 0.175. The predicted octanol–water partition coefficient (Wildman–Crippen LogP) is 1.62. The summed E-state index contributed by atoms with van der Waals surface area (Å²) in [6.45, 7) is 1.68. The van der Waals surface area contributed by atoms with E-state index in [-0.39, 0.29) is 5.56 Å². The van der Waals surface area contributed by atoms with Crippen LogP contribution in [-0.2, 0) is 0 Å². The van der Waals surface area contributed by atoms with Gasteiger partial charge in [0.05, 0.1) is 5.56 Å². The Morgan fingerprint density at radius 1 is 1.50 bits per heavy atom. The van der Waals surface area contributed by atoms with Gasteiger partial charge in [-0.05, 0) is 23.9 Å². The Bertz CT molecular complexity index is 526. The Balaban J connectivity index is 2.21. The molecule has 0 fully saturated rings. The lowest BCUT2D eigenvalue weighted by atomic mass is 10.3. The molecular formula is C9H7N3O3S. The molecule has 0 aliphatic heterocycles. The zero-order valence-electron chi connectivity index (χ0n) is 8.25. The van der Waals surface area contributed by atoms with Crippen molar-refractivity contribution >= 4 is 17.7 Å². The van der Waals surface area contributed by atoms with Crippen molar-refractivity contribution in [3.63, 3.8) is 0 Å². The Hall–Kier alpha value is -1.89. The molecule has 0 bridgehead atoms. The zero-order chi connectivity index (χ0) is 11.5. The van der Waals surface area contributed by atoms with E-state index in [2.05, 4.69) is 15.2 Å². The van der Waals surface area contributed by atoms with Crippen LogP contribution in [0.1, 0.15) is 16.2 Å². The first-order valence-electron chi connectivity index (χ1n) is 4.32. The summed E-state index contributed by atoms with van der Waals surface area (Å²) in [5.41, 5.74) is 0.175. The summed E-state index contributed by atoms with van der Waals surface area (Å²) >= 11 is 1.13. The fourth-order valence-corrected chi connectivity index (χ4v) is 1.73. The maximum Gasteiger partial charge on any atom is 0.335 e. The lowest BCUT2D eigenvalue weighted by Gasteiger charge is -1.97. The lowest BCUT2D eigenvalue weighted by Crippen LogP contribution is -1.96.